The number of aromatic hydroxyl groups is 1. The van der Waals surface area contributed by atoms with Crippen molar-refractivity contribution in [3.05, 3.63) is 59.2 Å². The van der Waals surface area contributed by atoms with Crippen molar-refractivity contribution in [1.82, 2.24) is 0 Å². The molecule has 3 nitrogen and oxygen atoms in total. The second-order valence-corrected chi connectivity index (χ2v) is 8.51. The zero-order valence-corrected chi connectivity index (χ0v) is 17.5. The Bertz CT molecular complexity index is 737. The van der Waals surface area contributed by atoms with Crippen LogP contribution in [0.15, 0.2) is 42.5 Å². The molecule has 0 bridgehead atoms. The van der Waals surface area contributed by atoms with Crippen molar-refractivity contribution in [3.8, 4) is 11.5 Å². The molecule has 0 heterocycles. The van der Waals surface area contributed by atoms with E-state index in [1.54, 1.807) is 12.1 Å². The lowest BCUT2D eigenvalue weighted by molar-refractivity contribution is 0.0216. The molecule has 0 radical (unpaired) electrons. The topological polar surface area (TPSA) is 49.7 Å². The fraction of sp³-hybridized carbons (Fsp3) is 0.500. The first-order chi connectivity index (χ1) is 12.6. The molecule has 1 atom stereocenters. The number of rotatable bonds is 7. The second kappa shape index (κ2) is 8.35. The highest BCUT2D eigenvalue weighted by atomic mass is 16.5. The minimum absolute atomic E-state index is 0.0953. The largest absolute Gasteiger partial charge is 0.508 e. The van der Waals surface area contributed by atoms with E-state index in [-0.39, 0.29) is 23.2 Å². The van der Waals surface area contributed by atoms with E-state index in [0.29, 0.717) is 0 Å². The summed E-state index contributed by atoms with van der Waals surface area (Å²) in [6.45, 7) is 12.8. The minimum Gasteiger partial charge on any atom is -0.508 e. The van der Waals surface area contributed by atoms with E-state index >= 15 is 0 Å². The highest BCUT2D eigenvalue weighted by molar-refractivity contribution is 5.46. The lowest BCUT2D eigenvalue weighted by Gasteiger charge is -2.34. The predicted octanol–water partition coefficient (Wildman–Crippen LogP) is 5.59. The van der Waals surface area contributed by atoms with Crippen LogP contribution in [0.4, 0.5) is 0 Å². The van der Waals surface area contributed by atoms with Gasteiger partial charge in [-0.1, -0.05) is 58.9 Å². The summed E-state index contributed by atoms with van der Waals surface area (Å²) < 4.78 is 5.90. The van der Waals surface area contributed by atoms with Crippen molar-refractivity contribution in [2.75, 3.05) is 6.61 Å². The average Bonchev–Trinajstić information content (AvgIpc) is 2.62. The number of hydrogen-bond donors (Lipinski definition) is 2. The molecule has 0 aliphatic rings. The second-order valence-electron chi connectivity index (χ2n) is 8.51. The number of aliphatic hydroxyl groups is 1. The van der Waals surface area contributed by atoms with Crippen LogP contribution in [0.2, 0.25) is 0 Å². The highest BCUT2D eigenvalue weighted by Gasteiger charge is 2.31. The number of hydrogen-bond acceptors (Lipinski definition) is 3. The fourth-order valence-electron chi connectivity index (χ4n) is 3.54. The molecule has 0 saturated heterocycles. The number of benzene rings is 2. The van der Waals surface area contributed by atoms with Gasteiger partial charge in [0, 0.05) is 5.41 Å². The molecule has 0 spiro atoms. The maximum Gasteiger partial charge on any atom is 0.122 e. The van der Waals surface area contributed by atoms with Gasteiger partial charge in [-0.15, -0.1) is 0 Å². The molecule has 2 rings (SSSR count). The van der Waals surface area contributed by atoms with E-state index < -0.39 is 6.10 Å². The molecular weight excluding hydrogens is 336 g/mol. The van der Waals surface area contributed by atoms with Crippen LogP contribution >= 0.6 is 0 Å². The van der Waals surface area contributed by atoms with Crippen LogP contribution in [-0.2, 0) is 5.41 Å². The SMILES string of the molecule is CCC(CC)(c1ccc(O)cc1)c1ccc(OCC(O)C(C)(C)C)c(C)c1. The zero-order valence-electron chi connectivity index (χ0n) is 17.5. The van der Waals surface area contributed by atoms with E-state index in [2.05, 4.69) is 32.9 Å². The number of phenolic OH excluding ortho intramolecular Hbond substituents is 1. The third kappa shape index (κ3) is 4.65. The molecule has 0 fully saturated rings. The summed E-state index contributed by atoms with van der Waals surface area (Å²) in [5.41, 5.74) is 3.23. The summed E-state index contributed by atoms with van der Waals surface area (Å²) in [5, 5.41) is 19.9. The van der Waals surface area contributed by atoms with Crippen LogP contribution in [-0.4, -0.2) is 22.9 Å². The normalized spacial score (nSPS) is 13.4. The minimum atomic E-state index is -0.515. The maximum absolute atomic E-state index is 10.2. The van der Waals surface area contributed by atoms with Crippen molar-refractivity contribution in [3.63, 3.8) is 0 Å². The van der Waals surface area contributed by atoms with Crippen molar-refractivity contribution < 1.29 is 14.9 Å². The van der Waals surface area contributed by atoms with Crippen LogP contribution in [0, 0.1) is 12.3 Å². The standard InChI is InChI=1S/C24H34O3/c1-7-24(8-2,18-9-12-20(25)13-10-18)19-11-14-21(17(3)15-19)27-16-22(26)23(4,5)6/h9-15,22,25-26H,7-8,16H2,1-6H3. The van der Waals surface area contributed by atoms with Crippen LogP contribution in [0.3, 0.4) is 0 Å². The van der Waals surface area contributed by atoms with Gasteiger partial charge in [0.15, 0.2) is 0 Å². The van der Waals surface area contributed by atoms with Crippen LogP contribution in [0.25, 0.3) is 0 Å². The third-order valence-corrected chi connectivity index (χ3v) is 5.75. The van der Waals surface area contributed by atoms with Gasteiger partial charge in [-0.05, 0) is 60.1 Å². The molecule has 0 amide bonds. The summed E-state index contributed by atoms with van der Waals surface area (Å²) in [5.74, 6) is 1.10. The Kier molecular flexibility index (Phi) is 6.59. The molecule has 148 valence electrons. The predicted molar refractivity (Wildman–Crippen MR) is 112 cm³/mol. The van der Waals surface area contributed by atoms with Gasteiger partial charge < -0.3 is 14.9 Å². The van der Waals surface area contributed by atoms with Gasteiger partial charge in [-0.2, -0.15) is 0 Å². The van der Waals surface area contributed by atoms with Gasteiger partial charge in [-0.25, -0.2) is 0 Å². The lowest BCUT2D eigenvalue weighted by Crippen LogP contribution is -2.32. The first-order valence-electron chi connectivity index (χ1n) is 9.85. The van der Waals surface area contributed by atoms with E-state index in [1.165, 1.54) is 11.1 Å². The molecule has 0 aromatic heterocycles. The summed E-state index contributed by atoms with van der Waals surface area (Å²) in [6.07, 6.45) is 1.42. The third-order valence-electron chi connectivity index (χ3n) is 5.75. The Morgan fingerprint density at radius 1 is 0.926 bits per heavy atom. The van der Waals surface area contributed by atoms with Gasteiger partial charge in [-0.3, -0.25) is 0 Å². The van der Waals surface area contributed by atoms with Gasteiger partial charge in [0.05, 0.1) is 6.10 Å². The number of phenols is 1. The molecule has 1 unspecified atom stereocenters. The number of ether oxygens (including phenoxy) is 1. The molecule has 0 saturated carbocycles. The Morgan fingerprint density at radius 2 is 1.48 bits per heavy atom. The van der Waals surface area contributed by atoms with Crippen molar-refractivity contribution in [1.29, 1.82) is 0 Å². The fourth-order valence-corrected chi connectivity index (χ4v) is 3.54. The van der Waals surface area contributed by atoms with Crippen molar-refractivity contribution >= 4 is 0 Å². The monoisotopic (exact) mass is 370 g/mol. The van der Waals surface area contributed by atoms with Crippen LogP contribution < -0.4 is 4.74 Å². The summed E-state index contributed by atoms with van der Waals surface area (Å²) in [6, 6.07) is 13.9. The Balaban J connectivity index is 2.31. The average molecular weight is 371 g/mol. The van der Waals surface area contributed by atoms with E-state index in [4.69, 9.17) is 4.74 Å². The van der Waals surface area contributed by atoms with Crippen molar-refractivity contribution in [2.24, 2.45) is 5.41 Å². The zero-order chi connectivity index (χ0) is 20.2. The van der Waals surface area contributed by atoms with Gasteiger partial charge in [0.2, 0.25) is 0 Å². The Hall–Kier alpha value is -2.00. The smallest absolute Gasteiger partial charge is 0.122 e. The Morgan fingerprint density at radius 3 is 1.96 bits per heavy atom. The molecule has 2 aromatic carbocycles. The Labute approximate surface area is 164 Å². The van der Waals surface area contributed by atoms with Gasteiger partial charge in [0.25, 0.3) is 0 Å². The van der Waals surface area contributed by atoms with E-state index in [1.807, 2.05) is 39.0 Å². The van der Waals surface area contributed by atoms with Crippen molar-refractivity contribution in [2.45, 2.75) is 65.9 Å². The molecular formula is C24H34O3. The first-order valence-corrected chi connectivity index (χ1v) is 9.85. The first kappa shape index (κ1) is 21.3. The van der Waals surface area contributed by atoms with Crippen LogP contribution in [0.1, 0.15) is 64.2 Å². The van der Waals surface area contributed by atoms with Gasteiger partial charge >= 0.3 is 0 Å². The molecule has 2 N–H and O–H groups in total. The molecule has 27 heavy (non-hydrogen) atoms. The summed E-state index contributed by atoms with van der Waals surface area (Å²) >= 11 is 0. The molecule has 2 aromatic rings. The van der Waals surface area contributed by atoms with E-state index in [9.17, 15) is 10.2 Å². The molecule has 0 aliphatic carbocycles. The number of aryl methyl sites for hydroxylation is 1. The summed E-state index contributed by atoms with van der Waals surface area (Å²) in [7, 11) is 0. The highest BCUT2D eigenvalue weighted by Crippen LogP contribution is 2.40. The van der Waals surface area contributed by atoms with Gasteiger partial charge in [0.1, 0.15) is 18.1 Å². The summed E-state index contributed by atoms with van der Waals surface area (Å²) in [4.78, 5) is 0. The quantitative estimate of drug-likeness (QED) is 0.668. The van der Waals surface area contributed by atoms with Crippen LogP contribution in [0.5, 0.6) is 11.5 Å². The molecule has 0 aliphatic heterocycles. The number of aliphatic hydroxyl groups excluding tert-OH is 1. The van der Waals surface area contributed by atoms with E-state index in [0.717, 1.165) is 24.2 Å². The molecule has 3 heteroatoms. The lowest BCUT2D eigenvalue weighted by atomic mass is 9.70. The maximum atomic E-state index is 10.2.